The van der Waals surface area contributed by atoms with E-state index >= 15 is 0 Å². The zero-order valence-electron chi connectivity index (χ0n) is 8.43. The van der Waals surface area contributed by atoms with Crippen LogP contribution in [-0.4, -0.2) is 23.8 Å². The molecule has 1 aliphatic rings. The maximum Gasteiger partial charge on any atom is 0.313 e. The minimum Gasteiger partial charge on any atom is -0.462 e. The number of benzene rings is 1. The lowest BCUT2D eigenvalue weighted by atomic mass is 9.95. The number of carbonyl (C=O) groups is 1. The molecule has 2 rings (SSSR count). The molecule has 1 N–H and O–H groups in total. The zero-order valence-corrected chi connectivity index (χ0v) is 8.43. The van der Waals surface area contributed by atoms with E-state index in [1.807, 2.05) is 30.3 Å². The van der Waals surface area contributed by atoms with Gasteiger partial charge in [-0.3, -0.25) is 4.79 Å². The van der Waals surface area contributed by atoms with E-state index in [9.17, 15) is 4.79 Å². The topological polar surface area (TPSA) is 46.5 Å². The number of cyclic esters (lactones) is 1. The van der Waals surface area contributed by atoms with Crippen molar-refractivity contribution in [3.05, 3.63) is 35.9 Å². The first-order valence-electron chi connectivity index (χ1n) is 5.17. The predicted octanol–water partition coefficient (Wildman–Crippen LogP) is 1.47. The van der Waals surface area contributed by atoms with Crippen LogP contribution in [0.5, 0.6) is 0 Å². The van der Waals surface area contributed by atoms with Gasteiger partial charge in [0.05, 0.1) is 5.92 Å². The molecule has 1 aromatic rings. The second-order valence-corrected chi connectivity index (χ2v) is 3.77. The van der Waals surface area contributed by atoms with Gasteiger partial charge in [-0.05, 0) is 5.56 Å². The van der Waals surface area contributed by atoms with Crippen molar-refractivity contribution >= 4 is 5.97 Å². The van der Waals surface area contributed by atoms with Crippen molar-refractivity contribution in [1.29, 1.82) is 0 Å². The van der Waals surface area contributed by atoms with Crippen LogP contribution < -0.4 is 0 Å². The van der Waals surface area contributed by atoms with Gasteiger partial charge in [-0.15, -0.1) is 0 Å². The SMILES string of the molecule is O=C1O[C@@H](CCO)CC1c1ccccc1. The van der Waals surface area contributed by atoms with Gasteiger partial charge in [0.1, 0.15) is 6.10 Å². The van der Waals surface area contributed by atoms with Crippen LogP contribution in [0.1, 0.15) is 24.3 Å². The summed E-state index contributed by atoms with van der Waals surface area (Å²) in [7, 11) is 0. The molecule has 3 nitrogen and oxygen atoms in total. The molecule has 1 aliphatic heterocycles. The van der Waals surface area contributed by atoms with Crippen LogP contribution in [-0.2, 0) is 9.53 Å². The molecule has 1 heterocycles. The van der Waals surface area contributed by atoms with Crippen molar-refractivity contribution in [2.45, 2.75) is 24.9 Å². The molecular formula is C12H14O3. The third-order valence-corrected chi connectivity index (χ3v) is 2.72. The molecule has 1 aromatic carbocycles. The average molecular weight is 206 g/mol. The highest BCUT2D eigenvalue weighted by molar-refractivity contribution is 5.80. The second-order valence-electron chi connectivity index (χ2n) is 3.77. The van der Waals surface area contributed by atoms with Gasteiger partial charge in [-0.25, -0.2) is 0 Å². The molecule has 80 valence electrons. The van der Waals surface area contributed by atoms with Gasteiger partial charge in [-0.1, -0.05) is 30.3 Å². The first-order valence-corrected chi connectivity index (χ1v) is 5.17. The predicted molar refractivity (Wildman–Crippen MR) is 55.4 cm³/mol. The van der Waals surface area contributed by atoms with E-state index in [2.05, 4.69) is 0 Å². The van der Waals surface area contributed by atoms with Crippen LogP contribution in [0.3, 0.4) is 0 Å². The van der Waals surface area contributed by atoms with Crippen molar-refractivity contribution in [1.82, 2.24) is 0 Å². The Kier molecular flexibility index (Phi) is 3.02. The number of hydrogen-bond donors (Lipinski definition) is 1. The molecule has 1 unspecified atom stereocenters. The first kappa shape index (κ1) is 10.2. The molecule has 3 heteroatoms. The lowest BCUT2D eigenvalue weighted by Crippen LogP contribution is -2.08. The van der Waals surface area contributed by atoms with Crippen molar-refractivity contribution in [3.63, 3.8) is 0 Å². The van der Waals surface area contributed by atoms with E-state index in [0.29, 0.717) is 12.8 Å². The molecule has 0 spiro atoms. The average Bonchev–Trinajstić information content (AvgIpc) is 2.61. The summed E-state index contributed by atoms with van der Waals surface area (Å²) in [5.74, 6) is -0.317. The van der Waals surface area contributed by atoms with Crippen molar-refractivity contribution in [2.75, 3.05) is 6.61 Å². The highest BCUT2D eigenvalue weighted by Crippen LogP contribution is 2.31. The Labute approximate surface area is 88.7 Å². The molecular weight excluding hydrogens is 192 g/mol. The molecule has 2 atom stereocenters. The van der Waals surface area contributed by atoms with Crippen LogP contribution in [0.4, 0.5) is 0 Å². The Morgan fingerprint density at radius 2 is 2.07 bits per heavy atom. The molecule has 0 radical (unpaired) electrons. The molecule has 0 saturated carbocycles. The summed E-state index contributed by atoms with van der Waals surface area (Å²) in [6.07, 6.45) is 1.10. The number of aliphatic hydroxyl groups excluding tert-OH is 1. The molecule has 0 bridgehead atoms. The van der Waals surface area contributed by atoms with E-state index < -0.39 is 0 Å². The molecule has 0 aromatic heterocycles. The smallest absolute Gasteiger partial charge is 0.313 e. The van der Waals surface area contributed by atoms with Crippen molar-refractivity contribution in [3.8, 4) is 0 Å². The lowest BCUT2D eigenvalue weighted by molar-refractivity contribution is -0.142. The molecule has 0 amide bonds. The Morgan fingerprint density at radius 3 is 2.73 bits per heavy atom. The summed E-state index contributed by atoms with van der Waals surface area (Å²) in [6.45, 7) is 0.0689. The van der Waals surface area contributed by atoms with E-state index in [1.54, 1.807) is 0 Å². The van der Waals surface area contributed by atoms with Crippen LogP contribution in [0.15, 0.2) is 30.3 Å². The fraction of sp³-hybridized carbons (Fsp3) is 0.417. The van der Waals surface area contributed by atoms with Crippen LogP contribution in [0, 0.1) is 0 Å². The standard InChI is InChI=1S/C12H14O3/c13-7-6-10-8-11(12(14)15-10)9-4-2-1-3-5-9/h1-5,10-11,13H,6-8H2/t10-,11?/m0/s1. The monoisotopic (exact) mass is 206 g/mol. The molecule has 15 heavy (non-hydrogen) atoms. The van der Waals surface area contributed by atoms with Gasteiger partial charge < -0.3 is 9.84 Å². The fourth-order valence-electron chi connectivity index (χ4n) is 1.93. The fourth-order valence-corrected chi connectivity index (χ4v) is 1.93. The second kappa shape index (κ2) is 4.45. The van der Waals surface area contributed by atoms with E-state index in [4.69, 9.17) is 9.84 Å². The summed E-state index contributed by atoms with van der Waals surface area (Å²) in [6, 6.07) is 9.64. The van der Waals surface area contributed by atoms with Crippen molar-refractivity contribution < 1.29 is 14.6 Å². The number of ether oxygens (including phenoxy) is 1. The number of hydrogen-bond acceptors (Lipinski definition) is 3. The first-order chi connectivity index (χ1) is 7.31. The summed E-state index contributed by atoms with van der Waals surface area (Å²) in [5, 5.41) is 8.78. The Morgan fingerprint density at radius 1 is 1.33 bits per heavy atom. The maximum absolute atomic E-state index is 11.6. The summed E-state index contributed by atoms with van der Waals surface area (Å²) in [5.41, 5.74) is 1.00. The van der Waals surface area contributed by atoms with Crippen LogP contribution in [0.25, 0.3) is 0 Å². The lowest BCUT2D eigenvalue weighted by Gasteiger charge is -2.05. The normalized spacial score (nSPS) is 25.3. The molecule has 1 saturated heterocycles. The zero-order chi connectivity index (χ0) is 10.7. The number of esters is 1. The van der Waals surface area contributed by atoms with Crippen LogP contribution >= 0.6 is 0 Å². The highest BCUT2D eigenvalue weighted by atomic mass is 16.6. The quantitative estimate of drug-likeness (QED) is 0.762. The van der Waals surface area contributed by atoms with Crippen LogP contribution in [0.2, 0.25) is 0 Å². The third-order valence-electron chi connectivity index (χ3n) is 2.72. The van der Waals surface area contributed by atoms with E-state index in [-0.39, 0.29) is 24.6 Å². The Bertz CT molecular complexity index is 334. The minimum atomic E-state index is -0.167. The van der Waals surface area contributed by atoms with Gasteiger partial charge in [0.2, 0.25) is 0 Å². The molecule has 0 aliphatic carbocycles. The number of carbonyl (C=O) groups excluding carboxylic acids is 1. The van der Waals surface area contributed by atoms with E-state index in [0.717, 1.165) is 5.56 Å². The Balaban J connectivity index is 2.09. The van der Waals surface area contributed by atoms with Gasteiger partial charge >= 0.3 is 5.97 Å². The van der Waals surface area contributed by atoms with Crippen molar-refractivity contribution in [2.24, 2.45) is 0 Å². The highest BCUT2D eigenvalue weighted by Gasteiger charge is 2.34. The largest absolute Gasteiger partial charge is 0.462 e. The van der Waals surface area contributed by atoms with E-state index in [1.165, 1.54) is 0 Å². The summed E-state index contributed by atoms with van der Waals surface area (Å²) in [4.78, 5) is 11.6. The minimum absolute atomic E-state index is 0.0689. The Hall–Kier alpha value is -1.35. The van der Waals surface area contributed by atoms with Gasteiger partial charge in [-0.2, -0.15) is 0 Å². The summed E-state index contributed by atoms with van der Waals surface area (Å²) < 4.78 is 5.17. The van der Waals surface area contributed by atoms with Gasteiger partial charge in [0.15, 0.2) is 0 Å². The number of rotatable bonds is 3. The maximum atomic E-state index is 11.6. The molecule has 1 fully saturated rings. The van der Waals surface area contributed by atoms with Gasteiger partial charge in [0.25, 0.3) is 0 Å². The van der Waals surface area contributed by atoms with Gasteiger partial charge in [0, 0.05) is 19.4 Å². The number of aliphatic hydroxyl groups is 1. The summed E-state index contributed by atoms with van der Waals surface area (Å²) >= 11 is 0. The third kappa shape index (κ3) is 2.18.